The van der Waals surface area contributed by atoms with Crippen molar-refractivity contribution >= 4 is 11.4 Å². The third-order valence-corrected chi connectivity index (χ3v) is 1.89. The summed E-state index contributed by atoms with van der Waals surface area (Å²) >= 11 is 0. The number of nitrogen functional groups attached to an aromatic ring is 1. The lowest BCUT2D eigenvalue weighted by Crippen LogP contribution is -2.20. The summed E-state index contributed by atoms with van der Waals surface area (Å²) in [5, 5.41) is 0. The first-order valence-electron chi connectivity index (χ1n) is 4.41. The molecule has 76 valence electrons. The van der Waals surface area contributed by atoms with Crippen molar-refractivity contribution in [2.45, 2.75) is 6.92 Å². The van der Waals surface area contributed by atoms with Crippen LogP contribution in [0.25, 0.3) is 0 Å². The summed E-state index contributed by atoms with van der Waals surface area (Å²) in [6, 6.07) is 4.69. The summed E-state index contributed by atoms with van der Waals surface area (Å²) in [5.41, 5.74) is 7.43. The van der Waals surface area contributed by atoms with Crippen LogP contribution < -0.4 is 10.6 Å². The SMILES string of the molecule is C=C(C)CN(C)c1ccc(N)cc1F. The van der Waals surface area contributed by atoms with Gasteiger partial charge < -0.3 is 10.6 Å². The number of halogens is 1. The highest BCUT2D eigenvalue weighted by Gasteiger charge is 2.07. The number of hydrogen-bond acceptors (Lipinski definition) is 2. The molecule has 0 spiro atoms. The molecular formula is C11H15FN2. The summed E-state index contributed by atoms with van der Waals surface area (Å²) in [6.07, 6.45) is 0. The van der Waals surface area contributed by atoms with Crippen molar-refractivity contribution in [3.8, 4) is 0 Å². The van der Waals surface area contributed by atoms with Crippen LogP contribution in [0.15, 0.2) is 30.4 Å². The van der Waals surface area contributed by atoms with Gasteiger partial charge in [0.05, 0.1) is 5.69 Å². The molecule has 0 aliphatic heterocycles. The lowest BCUT2D eigenvalue weighted by atomic mass is 10.2. The van der Waals surface area contributed by atoms with Gasteiger partial charge in [-0.3, -0.25) is 0 Å². The minimum Gasteiger partial charge on any atom is -0.399 e. The molecule has 1 aromatic carbocycles. The van der Waals surface area contributed by atoms with Crippen LogP contribution >= 0.6 is 0 Å². The average Bonchev–Trinajstić information content (AvgIpc) is 2.01. The van der Waals surface area contributed by atoms with Crippen molar-refractivity contribution in [1.82, 2.24) is 0 Å². The smallest absolute Gasteiger partial charge is 0.148 e. The van der Waals surface area contributed by atoms with Crippen molar-refractivity contribution < 1.29 is 4.39 Å². The molecule has 0 atom stereocenters. The van der Waals surface area contributed by atoms with Crippen molar-refractivity contribution in [1.29, 1.82) is 0 Å². The van der Waals surface area contributed by atoms with Crippen molar-refractivity contribution in [3.05, 3.63) is 36.2 Å². The minimum absolute atomic E-state index is 0.297. The van der Waals surface area contributed by atoms with Crippen molar-refractivity contribution in [2.75, 3.05) is 24.2 Å². The predicted molar refractivity (Wildman–Crippen MR) is 58.9 cm³/mol. The fourth-order valence-electron chi connectivity index (χ4n) is 1.32. The molecule has 14 heavy (non-hydrogen) atoms. The number of benzene rings is 1. The van der Waals surface area contributed by atoms with E-state index in [0.29, 0.717) is 17.9 Å². The number of rotatable bonds is 3. The van der Waals surface area contributed by atoms with Gasteiger partial charge in [-0.05, 0) is 25.1 Å². The Hall–Kier alpha value is -1.51. The molecule has 0 amide bonds. The van der Waals surface area contributed by atoms with E-state index in [1.165, 1.54) is 6.07 Å². The molecular weight excluding hydrogens is 179 g/mol. The zero-order valence-electron chi connectivity index (χ0n) is 8.55. The highest BCUT2D eigenvalue weighted by atomic mass is 19.1. The van der Waals surface area contributed by atoms with E-state index >= 15 is 0 Å². The molecule has 0 saturated carbocycles. The molecule has 0 radical (unpaired) electrons. The standard InChI is InChI=1S/C11H15FN2/c1-8(2)7-14(3)11-5-4-9(13)6-10(11)12/h4-6H,1,7,13H2,2-3H3. The molecule has 0 bridgehead atoms. The van der Waals surface area contributed by atoms with E-state index in [1.54, 1.807) is 17.0 Å². The molecule has 0 saturated heterocycles. The van der Waals surface area contributed by atoms with Crippen LogP contribution in [0, 0.1) is 5.82 Å². The van der Waals surface area contributed by atoms with Gasteiger partial charge in [0, 0.05) is 19.3 Å². The lowest BCUT2D eigenvalue weighted by molar-refractivity contribution is 0.625. The number of nitrogens with two attached hydrogens (primary N) is 1. The molecule has 0 aliphatic carbocycles. The maximum atomic E-state index is 13.4. The first kappa shape index (κ1) is 10.6. The summed E-state index contributed by atoms with van der Waals surface area (Å²) in [6.45, 7) is 6.33. The Bertz CT molecular complexity index is 347. The van der Waals surface area contributed by atoms with Crippen LogP contribution in [0.2, 0.25) is 0 Å². The fourth-order valence-corrected chi connectivity index (χ4v) is 1.32. The summed E-state index contributed by atoms with van der Waals surface area (Å²) < 4.78 is 13.4. The van der Waals surface area contributed by atoms with Gasteiger partial charge in [0.2, 0.25) is 0 Å². The van der Waals surface area contributed by atoms with Gasteiger partial charge in [0.1, 0.15) is 5.82 Å². The summed E-state index contributed by atoms with van der Waals surface area (Å²) in [4.78, 5) is 1.80. The van der Waals surface area contributed by atoms with Crippen molar-refractivity contribution in [2.24, 2.45) is 0 Å². The van der Waals surface area contributed by atoms with E-state index in [2.05, 4.69) is 6.58 Å². The highest BCUT2D eigenvalue weighted by molar-refractivity contribution is 5.54. The predicted octanol–water partition coefficient (Wildman–Crippen LogP) is 2.42. The van der Waals surface area contributed by atoms with Gasteiger partial charge >= 0.3 is 0 Å². The second-order valence-electron chi connectivity index (χ2n) is 3.52. The van der Waals surface area contributed by atoms with Gasteiger partial charge in [-0.2, -0.15) is 0 Å². The molecule has 2 N–H and O–H groups in total. The van der Waals surface area contributed by atoms with Gasteiger partial charge in [0.25, 0.3) is 0 Å². The number of likely N-dealkylation sites (N-methyl/N-ethyl adjacent to an activating group) is 1. The van der Waals surface area contributed by atoms with Crippen LogP contribution in [0.3, 0.4) is 0 Å². The monoisotopic (exact) mass is 194 g/mol. The Labute approximate surface area is 83.8 Å². The first-order chi connectivity index (χ1) is 6.50. The molecule has 1 aromatic rings. The van der Waals surface area contributed by atoms with E-state index in [-0.39, 0.29) is 5.82 Å². The third kappa shape index (κ3) is 2.49. The molecule has 3 heteroatoms. The third-order valence-electron chi connectivity index (χ3n) is 1.89. The number of nitrogens with zero attached hydrogens (tertiary/aromatic N) is 1. The number of anilines is 2. The van der Waals surface area contributed by atoms with Gasteiger partial charge in [-0.25, -0.2) is 4.39 Å². The largest absolute Gasteiger partial charge is 0.399 e. The van der Waals surface area contributed by atoms with E-state index in [4.69, 9.17) is 5.73 Å². The minimum atomic E-state index is -0.297. The quantitative estimate of drug-likeness (QED) is 0.591. The Kier molecular flexibility index (Phi) is 3.12. The summed E-state index contributed by atoms with van der Waals surface area (Å²) in [5.74, 6) is -0.297. The zero-order chi connectivity index (χ0) is 10.7. The van der Waals surface area contributed by atoms with Gasteiger partial charge in [-0.15, -0.1) is 0 Å². The molecule has 0 heterocycles. The zero-order valence-corrected chi connectivity index (χ0v) is 8.55. The van der Waals surface area contributed by atoms with Crippen LogP contribution in [0.1, 0.15) is 6.92 Å². The van der Waals surface area contributed by atoms with Crippen LogP contribution in [-0.4, -0.2) is 13.6 Å². The average molecular weight is 194 g/mol. The first-order valence-corrected chi connectivity index (χ1v) is 4.41. The maximum Gasteiger partial charge on any atom is 0.148 e. The van der Waals surface area contributed by atoms with Crippen LogP contribution in [0.4, 0.5) is 15.8 Å². The molecule has 0 unspecified atom stereocenters. The molecule has 0 aromatic heterocycles. The Morgan fingerprint density at radius 2 is 2.21 bits per heavy atom. The second-order valence-corrected chi connectivity index (χ2v) is 3.52. The van der Waals surface area contributed by atoms with E-state index in [9.17, 15) is 4.39 Å². The van der Waals surface area contributed by atoms with Crippen molar-refractivity contribution in [3.63, 3.8) is 0 Å². The second kappa shape index (κ2) is 4.13. The molecule has 0 fully saturated rings. The van der Waals surface area contributed by atoms with E-state index in [0.717, 1.165) is 5.57 Å². The Balaban J connectivity index is 2.90. The van der Waals surface area contributed by atoms with E-state index in [1.807, 2.05) is 14.0 Å². The maximum absolute atomic E-state index is 13.4. The van der Waals surface area contributed by atoms with Crippen LogP contribution in [0.5, 0.6) is 0 Å². The van der Waals surface area contributed by atoms with E-state index < -0.39 is 0 Å². The van der Waals surface area contributed by atoms with Gasteiger partial charge in [0.15, 0.2) is 0 Å². The molecule has 0 aliphatic rings. The molecule has 2 nitrogen and oxygen atoms in total. The highest BCUT2D eigenvalue weighted by Crippen LogP contribution is 2.20. The normalized spacial score (nSPS) is 9.93. The lowest BCUT2D eigenvalue weighted by Gasteiger charge is -2.19. The molecule has 1 rings (SSSR count). The Morgan fingerprint density at radius 3 is 2.71 bits per heavy atom. The summed E-state index contributed by atoms with van der Waals surface area (Å²) in [7, 11) is 1.82. The van der Waals surface area contributed by atoms with Crippen LogP contribution in [-0.2, 0) is 0 Å². The fraction of sp³-hybridized carbons (Fsp3) is 0.273. The topological polar surface area (TPSA) is 29.3 Å². The Morgan fingerprint density at radius 1 is 1.57 bits per heavy atom. The number of hydrogen-bond donors (Lipinski definition) is 1. The van der Waals surface area contributed by atoms with Gasteiger partial charge in [-0.1, -0.05) is 12.2 Å².